The summed E-state index contributed by atoms with van der Waals surface area (Å²) in [5.74, 6) is 0.451. The molecule has 3 N–H and O–H groups in total. The number of carbonyl (C=O) groups is 1. The van der Waals surface area contributed by atoms with Crippen LogP contribution in [0.2, 0.25) is 0 Å². The standard InChI is InChI=1S/C14H26N2O2/c1-13(2,3)6-10(7-15)12(17)16-8-14(18,9-16)11-4-5-11/h10-11,18H,4-9,15H2,1-3H3. The van der Waals surface area contributed by atoms with Crippen molar-refractivity contribution in [2.24, 2.45) is 23.0 Å². The van der Waals surface area contributed by atoms with Gasteiger partial charge in [-0.3, -0.25) is 4.79 Å². The van der Waals surface area contributed by atoms with E-state index in [9.17, 15) is 9.90 Å². The van der Waals surface area contributed by atoms with Crippen molar-refractivity contribution in [2.75, 3.05) is 19.6 Å². The SMILES string of the molecule is CC(C)(C)CC(CN)C(=O)N1CC(O)(C2CC2)C1. The first-order valence-electron chi connectivity index (χ1n) is 6.96. The third-order valence-corrected chi connectivity index (χ3v) is 4.07. The number of likely N-dealkylation sites (tertiary alicyclic amines) is 1. The van der Waals surface area contributed by atoms with Gasteiger partial charge in [-0.2, -0.15) is 0 Å². The number of hydrogen-bond donors (Lipinski definition) is 2. The van der Waals surface area contributed by atoms with Crippen LogP contribution in [-0.2, 0) is 4.79 Å². The average molecular weight is 254 g/mol. The Morgan fingerprint density at radius 1 is 1.44 bits per heavy atom. The van der Waals surface area contributed by atoms with Crippen LogP contribution in [0.5, 0.6) is 0 Å². The molecule has 1 saturated carbocycles. The van der Waals surface area contributed by atoms with Gasteiger partial charge in [-0.25, -0.2) is 0 Å². The molecular weight excluding hydrogens is 228 g/mol. The first kappa shape index (κ1) is 13.8. The molecule has 1 atom stereocenters. The highest BCUT2D eigenvalue weighted by Gasteiger charge is 2.53. The van der Waals surface area contributed by atoms with Crippen molar-refractivity contribution in [1.29, 1.82) is 0 Å². The van der Waals surface area contributed by atoms with Gasteiger partial charge in [0.1, 0.15) is 5.60 Å². The van der Waals surface area contributed by atoms with E-state index in [1.54, 1.807) is 4.90 Å². The van der Waals surface area contributed by atoms with Gasteiger partial charge in [-0.05, 0) is 30.6 Å². The molecule has 2 aliphatic rings. The lowest BCUT2D eigenvalue weighted by Gasteiger charge is -2.48. The largest absolute Gasteiger partial charge is 0.386 e. The number of hydrogen-bond acceptors (Lipinski definition) is 3. The molecule has 0 bridgehead atoms. The van der Waals surface area contributed by atoms with Crippen LogP contribution in [-0.4, -0.2) is 41.1 Å². The normalized spacial score (nSPS) is 24.6. The molecule has 1 aliphatic carbocycles. The maximum Gasteiger partial charge on any atom is 0.227 e. The van der Waals surface area contributed by atoms with E-state index in [4.69, 9.17) is 5.73 Å². The summed E-state index contributed by atoms with van der Waals surface area (Å²) in [5, 5.41) is 10.2. The van der Waals surface area contributed by atoms with Crippen LogP contribution < -0.4 is 5.73 Å². The van der Waals surface area contributed by atoms with Gasteiger partial charge in [-0.15, -0.1) is 0 Å². The van der Waals surface area contributed by atoms with Gasteiger partial charge in [0.25, 0.3) is 0 Å². The molecule has 1 aliphatic heterocycles. The van der Waals surface area contributed by atoms with Crippen LogP contribution in [0.3, 0.4) is 0 Å². The topological polar surface area (TPSA) is 66.6 Å². The number of nitrogens with zero attached hydrogens (tertiary/aromatic N) is 1. The van der Waals surface area contributed by atoms with Crippen molar-refractivity contribution in [1.82, 2.24) is 4.90 Å². The summed E-state index contributed by atoms with van der Waals surface area (Å²) in [5.41, 5.74) is 5.25. The molecule has 2 fully saturated rings. The van der Waals surface area contributed by atoms with Crippen molar-refractivity contribution in [3.63, 3.8) is 0 Å². The van der Waals surface area contributed by atoms with Gasteiger partial charge in [0.2, 0.25) is 5.91 Å². The number of amides is 1. The second-order valence-electron chi connectivity index (χ2n) is 7.27. The highest BCUT2D eigenvalue weighted by molar-refractivity contribution is 5.80. The summed E-state index contributed by atoms with van der Waals surface area (Å²) in [4.78, 5) is 14.1. The van der Waals surface area contributed by atoms with Crippen molar-refractivity contribution in [3.05, 3.63) is 0 Å². The molecule has 0 aromatic rings. The highest BCUT2D eigenvalue weighted by atomic mass is 16.3. The van der Waals surface area contributed by atoms with Gasteiger partial charge in [-0.1, -0.05) is 20.8 Å². The summed E-state index contributed by atoms with van der Waals surface area (Å²) < 4.78 is 0. The van der Waals surface area contributed by atoms with Crippen molar-refractivity contribution in [3.8, 4) is 0 Å². The van der Waals surface area contributed by atoms with Gasteiger partial charge in [0.05, 0.1) is 19.0 Å². The smallest absolute Gasteiger partial charge is 0.227 e. The average Bonchev–Trinajstić information content (AvgIpc) is 3.02. The number of aliphatic hydroxyl groups is 1. The monoisotopic (exact) mass is 254 g/mol. The van der Waals surface area contributed by atoms with E-state index in [0.29, 0.717) is 25.6 Å². The summed E-state index contributed by atoms with van der Waals surface area (Å²) in [6, 6.07) is 0. The van der Waals surface area contributed by atoms with E-state index in [0.717, 1.165) is 19.3 Å². The predicted molar refractivity (Wildman–Crippen MR) is 70.9 cm³/mol. The van der Waals surface area contributed by atoms with Gasteiger partial charge in [0.15, 0.2) is 0 Å². The molecule has 1 amide bonds. The Kier molecular flexibility index (Phi) is 3.45. The van der Waals surface area contributed by atoms with E-state index in [1.165, 1.54) is 0 Å². The van der Waals surface area contributed by atoms with E-state index >= 15 is 0 Å². The predicted octanol–water partition coefficient (Wildman–Crippen LogP) is 0.981. The molecular formula is C14H26N2O2. The van der Waals surface area contributed by atoms with E-state index in [2.05, 4.69) is 20.8 Å². The zero-order chi connectivity index (χ0) is 13.6. The lowest BCUT2D eigenvalue weighted by atomic mass is 9.82. The van der Waals surface area contributed by atoms with Crippen molar-refractivity contribution < 1.29 is 9.90 Å². The highest BCUT2D eigenvalue weighted by Crippen LogP contribution is 2.45. The Balaban J connectivity index is 1.87. The van der Waals surface area contributed by atoms with Gasteiger partial charge >= 0.3 is 0 Å². The van der Waals surface area contributed by atoms with Gasteiger partial charge in [0, 0.05) is 6.54 Å². The first-order chi connectivity index (χ1) is 8.25. The minimum absolute atomic E-state index is 0.103. The Morgan fingerprint density at radius 2 is 2.00 bits per heavy atom. The lowest BCUT2D eigenvalue weighted by Crippen LogP contribution is -2.66. The molecule has 4 heteroatoms. The third-order valence-electron chi connectivity index (χ3n) is 4.07. The molecule has 0 aromatic carbocycles. The molecule has 0 aromatic heterocycles. The summed E-state index contributed by atoms with van der Waals surface area (Å²) >= 11 is 0. The van der Waals surface area contributed by atoms with Crippen LogP contribution in [0.1, 0.15) is 40.0 Å². The molecule has 0 radical (unpaired) electrons. The Labute approximate surface area is 110 Å². The molecule has 104 valence electrons. The van der Waals surface area contributed by atoms with Crippen LogP contribution in [0.15, 0.2) is 0 Å². The molecule has 4 nitrogen and oxygen atoms in total. The second-order valence-corrected chi connectivity index (χ2v) is 7.27. The van der Waals surface area contributed by atoms with Crippen LogP contribution >= 0.6 is 0 Å². The molecule has 1 unspecified atom stereocenters. The van der Waals surface area contributed by atoms with E-state index in [1.807, 2.05) is 0 Å². The van der Waals surface area contributed by atoms with Crippen molar-refractivity contribution >= 4 is 5.91 Å². The summed E-state index contributed by atoms with van der Waals surface area (Å²) in [6.07, 6.45) is 3.03. The number of carbonyl (C=O) groups excluding carboxylic acids is 1. The first-order valence-corrected chi connectivity index (χ1v) is 6.96. The molecule has 1 heterocycles. The van der Waals surface area contributed by atoms with E-state index in [-0.39, 0.29) is 17.2 Å². The third kappa shape index (κ3) is 2.86. The molecule has 1 saturated heterocycles. The fourth-order valence-corrected chi connectivity index (χ4v) is 2.92. The zero-order valence-electron chi connectivity index (χ0n) is 11.8. The number of β-amino-alcohol motifs (C(OH)–C–C–N with tert-alkyl or cyclic N) is 1. The van der Waals surface area contributed by atoms with Crippen molar-refractivity contribution in [2.45, 2.75) is 45.6 Å². The Morgan fingerprint density at radius 3 is 2.39 bits per heavy atom. The Hall–Kier alpha value is -0.610. The summed E-state index contributed by atoms with van der Waals surface area (Å²) in [7, 11) is 0. The summed E-state index contributed by atoms with van der Waals surface area (Å²) in [6.45, 7) is 7.79. The Bertz CT molecular complexity index is 325. The number of nitrogens with two attached hydrogens (primary N) is 1. The van der Waals surface area contributed by atoms with Crippen LogP contribution in [0.25, 0.3) is 0 Å². The lowest BCUT2D eigenvalue weighted by molar-refractivity contribution is -0.163. The zero-order valence-corrected chi connectivity index (χ0v) is 11.8. The minimum Gasteiger partial charge on any atom is -0.386 e. The fourth-order valence-electron chi connectivity index (χ4n) is 2.92. The maximum absolute atomic E-state index is 12.3. The van der Waals surface area contributed by atoms with Gasteiger partial charge < -0.3 is 15.7 Å². The maximum atomic E-state index is 12.3. The second kappa shape index (κ2) is 4.49. The number of rotatable bonds is 4. The quantitative estimate of drug-likeness (QED) is 0.786. The van der Waals surface area contributed by atoms with Crippen LogP contribution in [0.4, 0.5) is 0 Å². The molecule has 18 heavy (non-hydrogen) atoms. The molecule has 0 spiro atoms. The van der Waals surface area contributed by atoms with E-state index < -0.39 is 5.60 Å². The minimum atomic E-state index is -0.587. The molecule has 2 rings (SSSR count). The van der Waals surface area contributed by atoms with Crippen LogP contribution in [0, 0.1) is 17.3 Å². The fraction of sp³-hybridized carbons (Fsp3) is 0.929.